The molecule has 0 saturated heterocycles. The highest BCUT2D eigenvalue weighted by atomic mass is 32.1. The van der Waals surface area contributed by atoms with Crippen molar-refractivity contribution in [2.45, 2.75) is 40.5 Å². The first-order chi connectivity index (χ1) is 15.3. The lowest BCUT2D eigenvalue weighted by atomic mass is 9.49. The van der Waals surface area contributed by atoms with Crippen LogP contribution in [0.15, 0.2) is 62.2 Å². The van der Waals surface area contributed by atoms with E-state index >= 15 is 0 Å². The maximum Gasteiger partial charge on any atom is 0.297 e. The Hall–Kier alpha value is -2.93. The zero-order valence-electron chi connectivity index (χ0n) is 19.2. The van der Waals surface area contributed by atoms with Gasteiger partial charge in [0.15, 0.2) is 5.69 Å². The second-order valence-corrected chi connectivity index (χ2v) is 10.3. The van der Waals surface area contributed by atoms with Gasteiger partial charge >= 0.3 is 0 Å². The Kier molecular flexibility index (Phi) is 4.97. The molecular weight excluding hydrogens is 418 g/mol. The van der Waals surface area contributed by atoms with Gasteiger partial charge < -0.3 is 0 Å². The summed E-state index contributed by atoms with van der Waals surface area (Å²) < 4.78 is 5.36. The first kappa shape index (κ1) is 20.9. The van der Waals surface area contributed by atoms with E-state index in [1.54, 1.807) is 4.68 Å². The molecule has 0 amide bonds. The van der Waals surface area contributed by atoms with Gasteiger partial charge in [0.2, 0.25) is 4.80 Å². The molecule has 32 heavy (non-hydrogen) atoms. The van der Waals surface area contributed by atoms with Crippen LogP contribution < -0.4 is 10.4 Å². The predicted octanol–water partition coefficient (Wildman–Crippen LogP) is 4.71. The molecule has 1 aromatic carbocycles. The van der Waals surface area contributed by atoms with Crippen LogP contribution in [-0.4, -0.2) is 20.3 Å². The molecule has 3 aromatic rings. The third-order valence-corrected chi connectivity index (χ3v) is 8.35. The van der Waals surface area contributed by atoms with Crippen molar-refractivity contribution < 1.29 is 0 Å². The van der Waals surface area contributed by atoms with Crippen LogP contribution >= 0.6 is 11.3 Å². The lowest BCUT2D eigenvalue weighted by Crippen LogP contribution is -2.48. The number of aryl methyl sites for hydroxylation is 1. The second kappa shape index (κ2) is 7.59. The van der Waals surface area contributed by atoms with Gasteiger partial charge in [-0.2, -0.15) is 5.10 Å². The Morgan fingerprint density at radius 3 is 2.62 bits per heavy atom. The zero-order valence-corrected chi connectivity index (χ0v) is 20.1. The van der Waals surface area contributed by atoms with Crippen molar-refractivity contribution in [3.05, 3.63) is 73.9 Å². The molecule has 2 aromatic heterocycles. The van der Waals surface area contributed by atoms with Gasteiger partial charge in [-0.05, 0) is 61.6 Å². The molecule has 0 aliphatic heterocycles. The number of allylic oxidation sites excluding steroid dienone is 2. The lowest BCUT2D eigenvalue weighted by molar-refractivity contribution is -0.00127. The van der Waals surface area contributed by atoms with Gasteiger partial charge in [-0.15, -0.1) is 11.3 Å². The largest absolute Gasteiger partial charge is 0.297 e. The molecular formula is C25H29N5OS. The van der Waals surface area contributed by atoms with Gasteiger partial charge in [0.25, 0.3) is 5.56 Å². The number of hydrogen-bond acceptors (Lipinski definition) is 4. The van der Waals surface area contributed by atoms with Gasteiger partial charge in [0.1, 0.15) is 0 Å². The monoisotopic (exact) mass is 447 g/mol. The third kappa shape index (κ3) is 3.18. The maximum absolute atomic E-state index is 13.3. The van der Waals surface area contributed by atoms with Gasteiger partial charge in [0.05, 0.1) is 23.3 Å². The Bertz CT molecular complexity index is 1360. The predicted molar refractivity (Wildman–Crippen MR) is 130 cm³/mol. The maximum atomic E-state index is 13.3. The van der Waals surface area contributed by atoms with Crippen molar-refractivity contribution in [2.24, 2.45) is 34.4 Å². The van der Waals surface area contributed by atoms with Gasteiger partial charge in [-0.3, -0.25) is 9.48 Å². The first-order valence-electron chi connectivity index (χ1n) is 11.1. The van der Waals surface area contributed by atoms with E-state index in [1.807, 2.05) is 72.2 Å². The third-order valence-electron chi connectivity index (χ3n) is 7.41. The van der Waals surface area contributed by atoms with E-state index < -0.39 is 0 Å². The van der Waals surface area contributed by atoms with E-state index in [2.05, 4.69) is 19.9 Å². The minimum Gasteiger partial charge on any atom is -0.283 e. The van der Waals surface area contributed by atoms with Crippen molar-refractivity contribution in [1.29, 1.82) is 0 Å². The molecule has 2 bridgehead atoms. The van der Waals surface area contributed by atoms with Crippen LogP contribution in [-0.2, 0) is 7.05 Å². The average molecular weight is 448 g/mol. The molecule has 7 heteroatoms. The van der Waals surface area contributed by atoms with E-state index in [1.165, 1.54) is 23.3 Å². The summed E-state index contributed by atoms with van der Waals surface area (Å²) in [5.41, 5.74) is 4.65. The molecule has 2 atom stereocenters. The summed E-state index contributed by atoms with van der Waals surface area (Å²) in [6.45, 7) is 8.68. The number of nitrogens with zero attached hydrogens (tertiary/aromatic N) is 5. The normalized spacial score (nSPS) is 22.3. The topological polar surface area (TPSA) is 56.6 Å². The summed E-state index contributed by atoms with van der Waals surface area (Å²) in [5.74, 6) is 1.39. The van der Waals surface area contributed by atoms with Gasteiger partial charge in [0, 0.05) is 12.4 Å². The van der Waals surface area contributed by atoms with E-state index in [9.17, 15) is 4.79 Å². The van der Waals surface area contributed by atoms with Crippen molar-refractivity contribution in [1.82, 2.24) is 14.0 Å². The fourth-order valence-electron chi connectivity index (χ4n) is 5.05. The van der Waals surface area contributed by atoms with E-state index in [0.717, 1.165) is 29.4 Å². The molecule has 1 fully saturated rings. The molecule has 0 N–H and O–H groups in total. The van der Waals surface area contributed by atoms with Crippen LogP contribution in [0.4, 0.5) is 5.69 Å². The van der Waals surface area contributed by atoms with Gasteiger partial charge in [-0.1, -0.05) is 38.1 Å². The van der Waals surface area contributed by atoms with Gasteiger partial charge in [-0.25, -0.2) is 14.4 Å². The fourth-order valence-corrected chi connectivity index (χ4v) is 5.86. The Morgan fingerprint density at radius 2 is 1.94 bits per heavy atom. The summed E-state index contributed by atoms with van der Waals surface area (Å²) >= 11 is 1.50. The van der Waals surface area contributed by atoms with Crippen LogP contribution in [0.3, 0.4) is 0 Å². The second-order valence-electron chi connectivity index (χ2n) is 9.48. The van der Waals surface area contributed by atoms with Crippen LogP contribution in [0.2, 0.25) is 0 Å². The highest BCUT2D eigenvalue weighted by molar-refractivity contribution is 7.07. The lowest BCUT2D eigenvalue weighted by Gasteiger charge is -2.55. The number of para-hydroxylation sites is 1. The number of rotatable bonds is 4. The molecule has 3 aliphatic carbocycles. The minimum absolute atomic E-state index is 0.130. The summed E-state index contributed by atoms with van der Waals surface area (Å²) in [6, 6.07) is 9.65. The van der Waals surface area contributed by atoms with Crippen LogP contribution in [0.5, 0.6) is 0 Å². The quantitative estimate of drug-likeness (QED) is 0.534. The summed E-state index contributed by atoms with van der Waals surface area (Å²) in [6.07, 6.45) is 6.74. The standard InChI is InChI=1S/C25H29N5OS/c1-16-15-32-24(29(16)26-14-18-11-12-19-13-21(18)25(19,3)4)27-22-17(2)28(5)30(23(22)31)20-9-7-6-8-10-20/h6-11,14-15,19,21H,12-13H2,1-5H3. The minimum atomic E-state index is -0.130. The summed E-state index contributed by atoms with van der Waals surface area (Å²) in [7, 11) is 1.89. The van der Waals surface area contributed by atoms with Crippen LogP contribution in [0, 0.1) is 31.1 Å². The van der Waals surface area contributed by atoms with Crippen molar-refractivity contribution in [3.8, 4) is 5.69 Å². The van der Waals surface area contributed by atoms with Crippen molar-refractivity contribution in [3.63, 3.8) is 0 Å². The molecule has 0 radical (unpaired) electrons. The van der Waals surface area contributed by atoms with Crippen molar-refractivity contribution >= 4 is 23.2 Å². The zero-order chi connectivity index (χ0) is 22.6. The molecule has 6 rings (SSSR count). The van der Waals surface area contributed by atoms with Crippen LogP contribution in [0.1, 0.15) is 38.1 Å². The molecule has 166 valence electrons. The molecule has 2 unspecified atom stereocenters. The number of hydrogen-bond donors (Lipinski definition) is 0. The SMILES string of the molecule is Cc1csc(=Nc2c(C)n(C)n(-c3ccccc3)c2=O)n1N=CC1=CCC2CC1C2(C)C. The average Bonchev–Trinajstić information content (AvgIpc) is 3.24. The van der Waals surface area contributed by atoms with Crippen molar-refractivity contribution in [2.75, 3.05) is 0 Å². The van der Waals surface area contributed by atoms with E-state index in [-0.39, 0.29) is 5.56 Å². The van der Waals surface area contributed by atoms with Crippen LogP contribution in [0.25, 0.3) is 5.69 Å². The van der Waals surface area contributed by atoms with E-state index in [4.69, 9.17) is 10.1 Å². The summed E-state index contributed by atoms with van der Waals surface area (Å²) in [5, 5.41) is 6.83. The number of aromatic nitrogens is 3. The Balaban J connectivity index is 1.55. The molecule has 1 saturated carbocycles. The number of benzene rings is 1. The fraction of sp³-hybridized carbons (Fsp3) is 0.400. The molecule has 3 aliphatic rings. The smallest absolute Gasteiger partial charge is 0.283 e. The summed E-state index contributed by atoms with van der Waals surface area (Å²) in [4.78, 5) is 18.7. The molecule has 6 nitrogen and oxygen atoms in total. The van der Waals surface area contributed by atoms with E-state index in [0.29, 0.717) is 21.8 Å². The Morgan fingerprint density at radius 1 is 1.19 bits per heavy atom. The number of fused-ring (bicyclic) bond motifs is 1. The Labute approximate surface area is 191 Å². The highest BCUT2D eigenvalue weighted by Gasteiger charge is 2.50. The first-order valence-corrected chi connectivity index (χ1v) is 12.0. The number of thiazole rings is 1. The molecule has 2 heterocycles. The highest BCUT2D eigenvalue weighted by Crippen LogP contribution is 2.58. The molecule has 0 spiro atoms.